The SMILES string of the molecule is N#Cc1cn(-c2ccc(Cl)c(Cl)c2)cn1. The van der Waals surface area contributed by atoms with E-state index in [-0.39, 0.29) is 0 Å². The molecule has 15 heavy (non-hydrogen) atoms. The van der Waals surface area contributed by atoms with Crippen LogP contribution in [0, 0.1) is 11.3 Å². The van der Waals surface area contributed by atoms with Crippen LogP contribution in [0.4, 0.5) is 0 Å². The van der Waals surface area contributed by atoms with E-state index in [2.05, 4.69) is 4.98 Å². The van der Waals surface area contributed by atoms with Crippen LogP contribution in [0.5, 0.6) is 0 Å². The maximum atomic E-state index is 8.62. The number of benzene rings is 1. The van der Waals surface area contributed by atoms with Gasteiger partial charge < -0.3 is 4.57 Å². The molecule has 0 atom stereocenters. The highest BCUT2D eigenvalue weighted by molar-refractivity contribution is 6.42. The predicted molar refractivity (Wildman–Crippen MR) is 58.3 cm³/mol. The van der Waals surface area contributed by atoms with Crippen LogP contribution in [0.15, 0.2) is 30.7 Å². The molecule has 0 aliphatic carbocycles. The van der Waals surface area contributed by atoms with E-state index in [4.69, 9.17) is 28.5 Å². The maximum absolute atomic E-state index is 8.62. The average molecular weight is 238 g/mol. The molecule has 0 unspecified atom stereocenters. The van der Waals surface area contributed by atoms with Crippen molar-refractivity contribution >= 4 is 23.2 Å². The Morgan fingerprint density at radius 1 is 1.27 bits per heavy atom. The van der Waals surface area contributed by atoms with Gasteiger partial charge in [-0.25, -0.2) is 4.98 Å². The molecular weight excluding hydrogens is 233 g/mol. The minimum absolute atomic E-state index is 0.362. The number of hydrogen-bond donors (Lipinski definition) is 0. The number of aromatic nitrogens is 2. The van der Waals surface area contributed by atoms with Gasteiger partial charge in [-0.2, -0.15) is 5.26 Å². The summed E-state index contributed by atoms with van der Waals surface area (Å²) >= 11 is 11.7. The summed E-state index contributed by atoms with van der Waals surface area (Å²) in [5, 5.41) is 9.60. The number of hydrogen-bond acceptors (Lipinski definition) is 2. The molecule has 2 rings (SSSR count). The van der Waals surface area contributed by atoms with E-state index in [0.29, 0.717) is 15.7 Å². The van der Waals surface area contributed by atoms with Gasteiger partial charge in [0.1, 0.15) is 12.4 Å². The zero-order valence-corrected chi connectivity index (χ0v) is 9.00. The fourth-order valence-electron chi connectivity index (χ4n) is 1.17. The van der Waals surface area contributed by atoms with Crippen molar-refractivity contribution in [2.75, 3.05) is 0 Å². The van der Waals surface area contributed by atoms with Gasteiger partial charge in [-0.3, -0.25) is 0 Å². The third-order valence-corrected chi connectivity index (χ3v) is 2.64. The Bertz CT molecular complexity index is 540. The van der Waals surface area contributed by atoms with Crippen molar-refractivity contribution in [1.29, 1.82) is 5.26 Å². The Hall–Kier alpha value is -1.50. The van der Waals surface area contributed by atoms with E-state index >= 15 is 0 Å². The molecule has 0 aliphatic heterocycles. The molecule has 0 bridgehead atoms. The molecule has 0 saturated carbocycles. The first kappa shape index (κ1) is 10.0. The summed E-state index contributed by atoms with van der Waals surface area (Å²) < 4.78 is 1.71. The van der Waals surface area contributed by atoms with Crippen LogP contribution in [0.2, 0.25) is 10.0 Å². The largest absolute Gasteiger partial charge is 0.305 e. The Morgan fingerprint density at radius 2 is 2.07 bits per heavy atom. The highest BCUT2D eigenvalue weighted by Gasteiger charge is 2.02. The van der Waals surface area contributed by atoms with Crippen LogP contribution in [0.3, 0.4) is 0 Å². The van der Waals surface area contributed by atoms with Crippen LogP contribution in [0.1, 0.15) is 5.69 Å². The van der Waals surface area contributed by atoms with Gasteiger partial charge >= 0.3 is 0 Å². The molecule has 0 aliphatic rings. The van der Waals surface area contributed by atoms with Crippen LogP contribution in [0.25, 0.3) is 5.69 Å². The van der Waals surface area contributed by atoms with Gasteiger partial charge in [0.05, 0.1) is 10.0 Å². The molecule has 74 valence electrons. The number of imidazole rings is 1. The zero-order valence-electron chi connectivity index (χ0n) is 7.48. The third-order valence-electron chi connectivity index (χ3n) is 1.90. The van der Waals surface area contributed by atoms with Crippen molar-refractivity contribution in [3.63, 3.8) is 0 Å². The quantitative estimate of drug-likeness (QED) is 0.766. The second-order valence-electron chi connectivity index (χ2n) is 2.88. The molecule has 2 aromatic rings. The molecule has 0 spiro atoms. The molecule has 1 aromatic carbocycles. The molecule has 3 nitrogen and oxygen atoms in total. The molecule has 1 aromatic heterocycles. The maximum Gasteiger partial charge on any atom is 0.158 e. The minimum Gasteiger partial charge on any atom is -0.305 e. The van der Waals surface area contributed by atoms with Gasteiger partial charge in [-0.1, -0.05) is 23.2 Å². The van der Waals surface area contributed by atoms with E-state index in [1.54, 1.807) is 35.3 Å². The van der Waals surface area contributed by atoms with Gasteiger partial charge in [-0.05, 0) is 18.2 Å². The Labute approximate surface area is 96.5 Å². The number of nitriles is 1. The molecule has 0 fully saturated rings. The van der Waals surface area contributed by atoms with Crippen LogP contribution < -0.4 is 0 Å². The summed E-state index contributed by atoms with van der Waals surface area (Å²) in [5.74, 6) is 0. The van der Waals surface area contributed by atoms with Crippen molar-refractivity contribution in [1.82, 2.24) is 9.55 Å². The van der Waals surface area contributed by atoms with Crippen LogP contribution in [-0.2, 0) is 0 Å². The van der Waals surface area contributed by atoms with Crippen molar-refractivity contribution in [3.8, 4) is 11.8 Å². The Kier molecular flexibility index (Phi) is 2.63. The molecule has 0 saturated heterocycles. The molecule has 5 heteroatoms. The Morgan fingerprint density at radius 3 is 2.67 bits per heavy atom. The fraction of sp³-hybridized carbons (Fsp3) is 0. The second-order valence-corrected chi connectivity index (χ2v) is 3.69. The first-order valence-electron chi connectivity index (χ1n) is 4.10. The standard InChI is InChI=1S/C10H5Cl2N3/c11-9-2-1-8(3-10(9)12)15-5-7(4-13)14-6-15/h1-3,5-6H. The lowest BCUT2D eigenvalue weighted by molar-refractivity contribution is 1.06. The number of rotatable bonds is 1. The van der Waals surface area contributed by atoms with E-state index in [9.17, 15) is 0 Å². The van der Waals surface area contributed by atoms with Gasteiger partial charge in [0.25, 0.3) is 0 Å². The average Bonchev–Trinajstić information content (AvgIpc) is 2.70. The summed E-state index contributed by atoms with van der Waals surface area (Å²) in [4.78, 5) is 3.89. The van der Waals surface area contributed by atoms with Crippen molar-refractivity contribution in [2.24, 2.45) is 0 Å². The summed E-state index contributed by atoms with van der Waals surface area (Å²) in [5.41, 5.74) is 1.18. The van der Waals surface area contributed by atoms with Gasteiger partial charge in [0, 0.05) is 11.9 Å². The highest BCUT2D eigenvalue weighted by Crippen LogP contribution is 2.24. The summed E-state index contributed by atoms with van der Waals surface area (Å²) in [6.07, 6.45) is 3.18. The van der Waals surface area contributed by atoms with Gasteiger partial charge in [0.15, 0.2) is 5.69 Å². The van der Waals surface area contributed by atoms with Crippen LogP contribution >= 0.6 is 23.2 Å². The van der Waals surface area contributed by atoms with E-state index in [1.165, 1.54) is 0 Å². The first-order valence-corrected chi connectivity index (χ1v) is 4.86. The molecule has 0 amide bonds. The zero-order chi connectivity index (χ0) is 10.8. The van der Waals surface area contributed by atoms with E-state index in [0.717, 1.165) is 5.69 Å². The first-order chi connectivity index (χ1) is 7.20. The second kappa shape index (κ2) is 3.93. The Balaban J connectivity index is 2.46. The fourth-order valence-corrected chi connectivity index (χ4v) is 1.46. The lowest BCUT2D eigenvalue weighted by atomic mass is 10.3. The summed E-state index contributed by atoms with van der Waals surface area (Å²) in [6.45, 7) is 0. The number of nitrogens with zero attached hydrogens (tertiary/aromatic N) is 3. The van der Waals surface area contributed by atoms with Gasteiger partial charge in [-0.15, -0.1) is 0 Å². The molecule has 0 N–H and O–H groups in total. The van der Waals surface area contributed by atoms with Crippen molar-refractivity contribution in [3.05, 3.63) is 46.5 Å². The molecule has 1 heterocycles. The third kappa shape index (κ3) is 1.96. The van der Waals surface area contributed by atoms with Crippen molar-refractivity contribution in [2.45, 2.75) is 0 Å². The summed E-state index contributed by atoms with van der Waals surface area (Å²) in [6, 6.07) is 7.17. The smallest absolute Gasteiger partial charge is 0.158 e. The van der Waals surface area contributed by atoms with E-state index in [1.807, 2.05) is 6.07 Å². The van der Waals surface area contributed by atoms with Crippen LogP contribution in [-0.4, -0.2) is 9.55 Å². The molecular formula is C10H5Cl2N3. The highest BCUT2D eigenvalue weighted by atomic mass is 35.5. The van der Waals surface area contributed by atoms with Crippen molar-refractivity contribution < 1.29 is 0 Å². The topological polar surface area (TPSA) is 41.6 Å². The normalized spacial score (nSPS) is 9.93. The monoisotopic (exact) mass is 237 g/mol. The predicted octanol–water partition coefficient (Wildman–Crippen LogP) is 3.05. The lowest BCUT2D eigenvalue weighted by Gasteiger charge is -2.02. The minimum atomic E-state index is 0.362. The van der Waals surface area contributed by atoms with Gasteiger partial charge in [0.2, 0.25) is 0 Å². The lowest BCUT2D eigenvalue weighted by Crippen LogP contribution is -1.89. The van der Waals surface area contributed by atoms with E-state index < -0.39 is 0 Å². The number of halogens is 2. The summed E-state index contributed by atoms with van der Waals surface area (Å²) in [7, 11) is 0. The molecule has 0 radical (unpaired) electrons.